The lowest BCUT2D eigenvalue weighted by molar-refractivity contribution is 0.00686. The van der Waals surface area contributed by atoms with Crippen LogP contribution in [0.3, 0.4) is 0 Å². The topological polar surface area (TPSA) is 60.7 Å². The summed E-state index contributed by atoms with van der Waals surface area (Å²) in [6, 6.07) is 0. The Kier molecular flexibility index (Phi) is 13.5. The first-order valence-electron chi connectivity index (χ1n) is 15.4. The molecule has 2 aliphatic carbocycles. The van der Waals surface area contributed by atoms with Crippen LogP contribution in [0.4, 0.5) is 0 Å². The summed E-state index contributed by atoms with van der Waals surface area (Å²) in [5, 5.41) is 30.5. The average molecular weight is 583 g/mol. The van der Waals surface area contributed by atoms with Gasteiger partial charge in [-0.2, -0.15) is 0 Å². The lowest BCUT2D eigenvalue weighted by Crippen LogP contribution is -2.38. The van der Waals surface area contributed by atoms with Crippen LogP contribution < -0.4 is 0 Å². The molecule has 0 bridgehead atoms. The highest BCUT2D eigenvalue weighted by atomic mass is 16.3. The summed E-state index contributed by atoms with van der Waals surface area (Å²) >= 11 is 0. The fourth-order valence-electron chi connectivity index (χ4n) is 5.85. The highest BCUT2D eigenvalue weighted by molar-refractivity contribution is 5.45. The van der Waals surface area contributed by atoms with Crippen LogP contribution in [0.5, 0.6) is 0 Å². The van der Waals surface area contributed by atoms with Crippen LogP contribution >= 0.6 is 0 Å². The van der Waals surface area contributed by atoms with Crippen molar-refractivity contribution in [3.8, 4) is 11.8 Å². The summed E-state index contributed by atoms with van der Waals surface area (Å²) in [5.41, 5.74) is 8.45. The van der Waals surface area contributed by atoms with Crippen molar-refractivity contribution in [3.05, 3.63) is 117 Å². The van der Waals surface area contributed by atoms with Crippen LogP contribution in [0.15, 0.2) is 117 Å². The number of rotatable bonds is 8. The van der Waals surface area contributed by atoms with Crippen LogP contribution in [0.1, 0.15) is 88.5 Å². The highest BCUT2D eigenvalue weighted by Gasteiger charge is 2.36. The van der Waals surface area contributed by atoms with Crippen LogP contribution in [-0.4, -0.2) is 33.6 Å². The van der Waals surface area contributed by atoms with Gasteiger partial charge in [-0.25, -0.2) is 0 Å². The zero-order valence-corrected chi connectivity index (χ0v) is 28.1. The Hall–Kier alpha value is -3.16. The van der Waals surface area contributed by atoms with Crippen molar-refractivity contribution >= 4 is 0 Å². The van der Waals surface area contributed by atoms with Crippen molar-refractivity contribution in [1.29, 1.82) is 0 Å². The maximum absolute atomic E-state index is 10.3. The van der Waals surface area contributed by atoms with Crippen molar-refractivity contribution in [1.82, 2.24) is 0 Å². The van der Waals surface area contributed by atoms with Gasteiger partial charge in [-0.15, -0.1) is 0 Å². The molecule has 0 radical (unpaired) electrons. The van der Waals surface area contributed by atoms with E-state index in [1.807, 2.05) is 44.2 Å². The number of hydrogen-bond donors (Lipinski definition) is 3. The van der Waals surface area contributed by atoms with E-state index in [2.05, 4.69) is 110 Å². The van der Waals surface area contributed by atoms with Gasteiger partial charge < -0.3 is 15.3 Å². The molecule has 0 fully saturated rings. The molecule has 2 aliphatic rings. The number of aliphatic hydroxyl groups excluding tert-OH is 3. The van der Waals surface area contributed by atoms with Gasteiger partial charge in [-0.3, -0.25) is 0 Å². The summed E-state index contributed by atoms with van der Waals surface area (Å²) in [7, 11) is 0. The normalized spacial score (nSPS) is 25.9. The van der Waals surface area contributed by atoms with Crippen molar-refractivity contribution in [3.63, 3.8) is 0 Å². The van der Waals surface area contributed by atoms with Crippen molar-refractivity contribution in [2.75, 3.05) is 0 Å². The van der Waals surface area contributed by atoms with Gasteiger partial charge >= 0.3 is 0 Å². The molecular weight excluding hydrogens is 528 g/mol. The van der Waals surface area contributed by atoms with Gasteiger partial charge in [0, 0.05) is 11.0 Å². The summed E-state index contributed by atoms with van der Waals surface area (Å²) in [6.07, 6.45) is 25.0. The first-order chi connectivity index (χ1) is 20.0. The molecule has 3 N–H and O–H groups in total. The SMILES string of the molecule is CC1=C(C#C/C(C)=C/C=C/C(C)=C/C=C/C=C(C)/C=C/C=C(C)/C=C/C2=C(C)C(O)C(O)CC2(C)C)C(C)(C)CC(O)C1. The van der Waals surface area contributed by atoms with E-state index in [1.54, 1.807) is 0 Å². The maximum atomic E-state index is 10.3. The van der Waals surface area contributed by atoms with Gasteiger partial charge in [0.15, 0.2) is 0 Å². The fraction of sp³-hybridized carbons (Fsp3) is 0.450. The van der Waals surface area contributed by atoms with Gasteiger partial charge in [-0.1, -0.05) is 135 Å². The van der Waals surface area contributed by atoms with Crippen molar-refractivity contribution < 1.29 is 15.3 Å². The first kappa shape index (κ1) is 36.0. The summed E-state index contributed by atoms with van der Waals surface area (Å²) in [4.78, 5) is 0. The monoisotopic (exact) mass is 582 g/mol. The van der Waals surface area contributed by atoms with Crippen molar-refractivity contribution in [2.24, 2.45) is 10.8 Å². The Morgan fingerprint density at radius 2 is 1.26 bits per heavy atom. The molecule has 0 spiro atoms. The van der Waals surface area contributed by atoms with Gasteiger partial charge in [-0.05, 0) is 82.9 Å². The molecular formula is C40H54O3. The zero-order chi connectivity index (χ0) is 32.4. The summed E-state index contributed by atoms with van der Waals surface area (Å²) in [5.74, 6) is 6.66. The Morgan fingerprint density at radius 1 is 0.721 bits per heavy atom. The minimum atomic E-state index is -0.794. The lowest BCUT2D eigenvalue weighted by atomic mass is 9.70. The van der Waals surface area contributed by atoms with E-state index in [1.165, 1.54) is 5.57 Å². The van der Waals surface area contributed by atoms with E-state index >= 15 is 0 Å². The molecule has 3 nitrogen and oxygen atoms in total. The predicted octanol–water partition coefficient (Wildman–Crippen LogP) is 8.97. The maximum Gasteiger partial charge on any atom is 0.101 e. The Bertz CT molecular complexity index is 1380. The third kappa shape index (κ3) is 11.5. The third-order valence-corrected chi connectivity index (χ3v) is 8.22. The standard InChI is InChI=1S/C40H54O3/c1-28(17-13-19-30(3)21-23-35-32(5)25-34(41)26-39(35,7)8)15-11-12-16-29(2)18-14-20-31(4)22-24-36-33(6)38(43)37(42)27-40(36,9)10/h11-20,22,24,34,37-38,41-43H,25-27H2,1-10H3/b12-11+,17-13+,18-14+,24-22+,28-15+,29-16+,30-19+,31-20+. The molecule has 0 amide bonds. The minimum absolute atomic E-state index is 0.0893. The van der Waals surface area contributed by atoms with Crippen LogP contribution in [0, 0.1) is 22.7 Å². The number of allylic oxidation sites excluding steroid dienone is 18. The molecule has 0 saturated heterocycles. The summed E-state index contributed by atoms with van der Waals surface area (Å²) in [6.45, 7) is 20.8. The van der Waals surface area contributed by atoms with Gasteiger partial charge in [0.25, 0.3) is 0 Å². The molecule has 0 aromatic carbocycles. The van der Waals surface area contributed by atoms with E-state index < -0.39 is 12.2 Å². The van der Waals surface area contributed by atoms with E-state index in [0.29, 0.717) is 12.8 Å². The molecule has 0 aromatic rings. The average Bonchev–Trinajstić information content (AvgIpc) is 2.88. The molecule has 43 heavy (non-hydrogen) atoms. The van der Waals surface area contributed by atoms with Crippen molar-refractivity contribution in [2.45, 2.75) is 107 Å². The number of hydrogen-bond acceptors (Lipinski definition) is 3. The Balaban J connectivity index is 1.94. The second-order valence-electron chi connectivity index (χ2n) is 13.6. The fourth-order valence-corrected chi connectivity index (χ4v) is 5.85. The van der Waals surface area contributed by atoms with E-state index in [9.17, 15) is 15.3 Å². The minimum Gasteiger partial charge on any atom is -0.393 e. The molecule has 0 aromatic heterocycles. The second-order valence-corrected chi connectivity index (χ2v) is 13.6. The van der Waals surface area contributed by atoms with E-state index in [-0.39, 0.29) is 16.9 Å². The second kappa shape index (κ2) is 16.1. The van der Waals surface area contributed by atoms with Crippen LogP contribution in [0.25, 0.3) is 0 Å². The van der Waals surface area contributed by atoms with Crippen LogP contribution in [0.2, 0.25) is 0 Å². The molecule has 232 valence electrons. The van der Waals surface area contributed by atoms with E-state index in [4.69, 9.17) is 0 Å². The Morgan fingerprint density at radius 3 is 1.84 bits per heavy atom. The third-order valence-electron chi connectivity index (χ3n) is 8.22. The molecule has 0 saturated carbocycles. The largest absolute Gasteiger partial charge is 0.393 e. The van der Waals surface area contributed by atoms with E-state index in [0.717, 1.165) is 45.4 Å². The lowest BCUT2D eigenvalue weighted by Gasteiger charge is -2.38. The highest BCUT2D eigenvalue weighted by Crippen LogP contribution is 2.41. The molecule has 0 heterocycles. The molecule has 3 unspecified atom stereocenters. The van der Waals surface area contributed by atoms with Crippen LogP contribution in [-0.2, 0) is 0 Å². The zero-order valence-electron chi connectivity index (χ0n) is 28.1. The van der Waals surface area contributed by atoms with Gasteiger partial charge in [0.1, 0.15) is 6.10 Å². The molecule has 3 atom stereocenters. The Labute approximate surface area is 261 Å². The van der Waals surface area contributed by atoms with Gasteiger partial charge in [0.2, 0.25) is 0 Å². The molecule has 2 rings (SSSR count). The summed E-state index contributed by atoms with van der Waals surface area (Å²) < 4.78 is 0. The smallest absolute Gasteiger partial charge is 0.101 e. The molecule has 3 heteroatoms. The molecule has 0 aliphatic heterocycles. The number of aliphatic hydroxyl groups is 3. The van der Waals surface area contributed by atoms with Gasteiger partial charge in [0.05, 0.1) is 12.2 Å². The predicted molar refractivity (Wildman–Crippen MR) is 184 cm³/mol. The quantitative estimate of drug-likeness (QED) is 0.198. The first-order valence-corrected chi connectivity index (χ1v) is 15.4.